The van der Waals surface area contributed by atoms with Crippen molar-refractivity contribution in [3.05, 3.63) is 23.5 Å². The first-order valence-electron chi connectivity index (χ1n) is 6.60. The molecule has 1 aromatic rings. The Morgan fingerprint density at radius 2 is 2.05 bits per heavy atom. The van der Waals surface area contributed by atoms with E-state index in [4.69, 9.17) is 5.11 Å². The quantitative estimate of drug-likeness (QED) is 0.796. The Balaban J connectivity index is 2.18. The van der Waals surface area contributed by atoms with Gasteiger partial charge in [0, 0.05) is 31.4 Å². The molecule has 1 aliphatic carbocycles. The summed E-state index contributed by atoms with van der Waals surface area (Å²) in [5.74, 6) is -1.22. The van der Waals surface area contributed by atoms with Gasteiger partial charge in [0.25, 0.3) is 5.91 Å². The molecule has 1 amide bonds. The van der Waals surface area contributed by atoms with E-state index in [1.54, 1.807) is 28.8 Å². The number of carbonyl (C=O) groups excluding carboxylic acids is 2. The van der Waals surface area contributed by atoms with E-state index in [9.17, 15) is 14.4 Å². The minimum Gasteiger partial charge on any atom is -0.481 e. The molecule has 108 valence electrons. The molecule has 1 fully saturated rings. The van der Waals surface area contributed by atoms with Crippen LogP contribution in [-0.4, -0.2) is 44.8 Å². The molecule has 6 nitrogen and oxygen atoms in total. The second kappa shape index (κ2) is 5.48. The first-order chi connectivity index (χ1) is 9.40. The summed E-state index contributed by atoms with van der Waals surface area (Å²) >= 11 is 0. The Bertz CT molecular complexity index is 558. The minimum absolute atomic E-state index is 0.0633. The summed E-state index contributed by atoms with van der Waals surface area (Å²) in [6.07, 6.45) is 3.38. The van der Waals surface area contributed by atoms with E-state index < -0.39 is 5.97 Å². The molecule has 2 rings (SSSR count). The van der Waals surface area contributed by atoms with Gasteiger partial charge < -0.3 is 14.6 Å². The summed E-state index contributed by atoms with van der Waals surface area (Å²) in [5, 5.41) is 8.76. The van der Waals surface area contributed by atoms with Crippen molar-refractivity contribution in [1.29, 1.82) is 0 Å². The summed E-state index contributed by atoms with van der Waals surface area (Å²) in [5.41, 5.74) is 0.914. The first-order valence-corrected chi connectivity index (χ1v) is 6.60. The molecule has 1 N–H and O–H groups in total. The first kappa shape index (κ1) is 14.3. The molecule has 0 aromatic carbocycles. The van der Waals surface area contributed by atoms with Crippen molar-refractivity contribution in [2.75, 3.05) is 6.54 Å². The number of nitrogens with zero attached hydrogens (tertiary/aromatic N) is 2. The molecule has 20 heavy (non-hydrogen) atoms. The highest BCUT2D eigenvalue weighted by atomic mass is 16.4. The van der Waals surface area contributed by atoms with Gasteiger partial charge >= 0.3 is 5.97 Å². The van der Waals surface area contributed by atoms with Crippen LogP contribution >= 0.6 is 0 Å². The number of carboxylic acids is 1. The predicted molar refractivity (Wildman–Crippen MR) is 71.7 cm³/mol. The number of hydrogen-bond donors (Lipinski definition) is 1. The van der Waals surface area contributed by atoms with Crippen LogP contribution in [0.4, 0.5) is 0 Å². The zero-order valence-corrected chi connectivity index (χ0v) is 11.6. The molecule has 1 aliphatic rings. The number of aliphatic carboxylic acids is 1. The molecular formula is C14H18N2O4. The van der Waals surface area contributed by atoms with Gasteiger partial charge in [0.1, 0.15) is 5.69 Å². The molecule has 0 spiro atoms. The van der Waals surface area contributed by atoms with Gasteiger partial charge in [-0.25, -0.2) is 0 Å². The zero-order chi connectivity index (χ0) is 14.9. The number of amides is 1. The van der Waals surface area contributed by atoms with E-state index in [1.165, 1.54) is 6.92 Å². The standard InChI is InChI=1S/C14H18N2O4/c1-9(17)10-7-12(15(2)8-10)14(20)16(11-3-4-11)6-5-13(18)19/h7-8,11H,3-6H2,1-2H3,(H,18,19). The van der Waals surface area contributed by atoms with Crippen molar-refractivity contribution >= 4 is 17.7 Å². The van der Waals surface area contributed by atoms with E-state index in [0.29, 0.717) is 11.3 Å². The van der Waals surface area contributed by atoms with E-state index >= 15 is 0 Å². The van der Waals surface area contributed by atoms with Crippen LogP contribution in [0.5, 0.6) is 0 Å². The number of hydrogen-bond acceptors (Lipinski definition) is 3. The third-order valence-electron chi connectivity index (χ3n) is 3.45. The van der Waals surface area contributed by atoms with E-state index in [2.05, 4.69) is 0 Å². The SMILES string of the molecule is CC(=O)c1cc(C(=O)N(CCC(=O)O)C2CC2)n(C)c1. The minimum atomic E-state index is -0.917. The van der Waals surface area contributed by atoms with Crippen LogP contribution in [0.2, 0.25) is 0 Å². The average Bonchev–Trinajstić information content (AvgIpc) is 3.11. The summed E-state index contributed by atoms with van der Waals surface area (Å²) in [6, 6.07) is 1.71. The Hall–Kier alpha value is -2.11. The molecule has 0 atom stereocenters. The van der Waals surface area contributed by atoms with Crippen LogP contribution in [0, 0.1) is 0 Å². The average molecular weight is 278 g/mol. The molecule has 0 bridgehead atoms. The fourth-order valence-electron chi connectivity index (χ4n) is 2.17. The Labute approximate surface area is 117 Å². The van der Waals surface area contributed by atoms with Gasteiger partial charge in [-0.2, -0.15) is 0 Å². The lowest BCUT2D eigenvalue weighted by atomic mass is 10.2. The van der Waals surface area contributed by atoms with Crippen molar-refractivity contribution in [1.82, 2.24) is 9.47 Å². The maximum atomic E-state index is 12.5. The van der Waals surface area contributed by atoms with Gasteiger partial charge in [-0.3, -0.25) is 14.4 Å². The van der Waals surface area contributed by atoms with Gasteiger partial charge in [0.05, 0.1) is 6.42 Å². The molecule has 1 aromatic heterocycles. The largest absolute Gasteiger partial charge is 0.481 e. The molecule has 0 saturated heterocycles. The third kappa shape index (κ3) is 3.07. The highest BCUT2D eigenvalue weighted by molar-refractivity contribution is 5.99. The van der Waals surface area contributed by atoms with Gasteiger partial charge in [0.2, 0.25) is 0 Å². The summed E-state index contributed by atoms with van der Waals surface area (Å²) in [4.78, 5) is 36.1. The lowest BCUT2D eigenvalue weighted by Gasteiger charge is -2.21. The van der Waals surface area contributed by atoms with Gasteiger partial charge in [-0.15, -0.1) is 0 Å². The summed E-state index contributed by atoms with van der Waals surface area (Å²) < 4.78 is 1.62. The normalized spacial score (nSPS) is 14.1. The van der Waals surface area contributed by atoms with Crippen molar-refractivity contribution in [3.8, 4) is 0 Å². The molecule has 1 heterocycles. The van der Waals surface area contributed by atoms with Gasteiger partial charge in [-0.05, 0) is 25.8 Å². The topological polar surface area (TPSA) is 79.6 Å². The lowest BCUT2D eigenvalue weighted by Crippen LogP contribution is -2.35. The predicted octanol–water partition coefficient (Wildman–Crippen LogP) is 1.31. The molecule has 0 aliphatic heterocycles. The highest BCUT2D eigenvalue weighted by Gasteiger charge is 2.34. The van der Waals surface area contributed by atoms with Gasteiger partial charge in [-0.1, -0.05) is 0 Å². The lowest BCUT2D eigenvalue weighted by molar-refractivity contribution is -0.137. The smallest absolute Gasteiger partial charge is 0.305 e. The molecule has 0 radical (unpaired) electrons. The number of carboxylic acid groups (broad SMARTS) is 1. The second-order valence-corrected chi connectivity index (χ2v) is 5.15. The molecule has 0 unspecified atom stereocenters. The number of rotatable bonds is 6. The number of ketones is 1. The maximum absolute atomic E-state index is 12.5. The molecular weight excluding hydrogens is 260 g/mol. The molecule has 6 heteroatoms. The Morgan fingerprint density at radius 3 is 2.50 bits per heavy atom. The fourth-order valence-corrected chi connectivity index (χ4v) is 2.17. The third-order valence-corrected chi connectivity index (χ3v) is 3.45. The number of aryl methyl sites for hydroxylation is 1. The van der Waals surface area contributed by atoms with Crippen LogP contribution in [-0.2, 0) is 11.8 Å². The summed E-state index contributed by atoms with van der Waals surface area (Å²) in [6.45, 7) is 1.66. The number of Topliss-reactive ketones (excluding diaryl/α,β-unsaturated/α-hetero) is 1. The second-order valence-electron chi connectivity index (χ2n) is 5.15. The number of carbonyl (C=O) groups is 3. The van der Waals surface area contributed by atoms with Crippen LogP contribution in [0.25, 0.3) is 0 Å². The van der Waals surface area contributed by atoms with Crippen molar-refractivity contribution in [3.63, 3.8) is 0 Å². The Kier molecular flexibility index (Phi) is 3.92. The van der Waals surface area contributed by atoms with Crippen molar-refractivity contribution in [2.45, 2.75) is 32.2 Å². The Morgan fingerprint density at radius 1 is 1.40 bits per heavy atom. The zero-order valence-electron chi connectivity index (χ0n) is 11.6. The fraction of sp³-hybridized carbons (Fsp3) is 0.500. The van der Waals surface area contributed by atoms with E-state index in [1.807, 2.05) is 0 Å². The van der Waals surface area contributed by atoms with Crippen LogP contribution in [0.15, 0.2) is 12.3 Å². The van der Waals surface area contributed by atoms with Crippen LogP contribution in [0.3, 0.4) is 0 Å². The van der Waals surface area contributed by atoms with Gasteiger partial charge in [0.15, 0.2) is 5.78 Å². The van der Waals surface area contributed by atoms with Crippen molar-refractivity contribution < 1.29 is 19.5 Å². The van der Waals surface area contributed by atoms with E-state index in [-0.39, 0.29) is 30.7 Å². The van der Waals surface area contributed by atoms with Crippen LogP contribution in [0.1, 0.15) is 47.0 Å². The number of aromatic nitrogens is 1. The van der Waals surface area contributed by atoms with Crippen molar-refractivity contribution in [2.24, 2.45) is 7.05 Å². The summed E-state index contributed by atoms with van der Waals surface area (Å²) in [7, 11) is 1.71. The monoisotopic (exact) mass is 278 g/mol. The van der Waals surface area contributed by atoms with E-state index in [0.717, 1.165) is 12.8 Å². The maximum Gasteiger partial charge on any atom is 0.305 e. The van der Waals surface area contributed by atoms with Crippen LogP contribution < -0.4 is 0 Å². The highest BCUT2D eigenvalue weighted by Crippen LogP contribution is 2.28. The molecule has 1 saturated carbocycles.